The van der Waals surface area contributed by atoms with Crippen LogP contribution in [0.1, 0.15) is 41.7 Å². The summed E-state index contributed by atoms with van der Waals surface area (Å²) in [7, 11) is -2.08. The topological polar surface area (TPSA) is 110 Å². The summed E-state index contributed by atoms with van der Waals surface area (Å²) < 4.78 is 27.4. The molecule has 3 rings (SSSR count). The standard InChI is InChI=1S/C19H21N3O5S/c1-13(14-5-3-7-17(11-14)22(24)25)21(2)19(23)15-6-4-8-18(12-15)28(26,27)20-16-9-10-16/h3-8,11-13,16,20H,9-10H2,1-2H3/t13-/m1/s1. The maximum Gasteiger partial charge on any atom is 0.269 e. The van der Waals surface area contributed by atoms with Gasteiger partial charge < -0.3 is 4.90 Å². The first kappa shape index (κ1) is 20.0. The number of nitrogens with one attached hydrogen (secondary N) is 1. The van der Waals surface area contributed by atoms with Crippen LogP contribution in [0.4, 0.5) is 5.69 Å². The van der Waals surface area contributed by atoms with Crippen LogP contribution in [0.3, 0.4) is 0 Å². The molecule has 0 radical (unpaired) electrons. The minimum absolute atomic E-state index is 0.0269. The molecule has 1 atom stereocenters. The van der Waals surface area contributed by atoms with Gasteiger partial charge in [0.15, 0.2) is 0 Å². The van der Waals surface area contributed by atoms with Crippen molar-refractivity contribution in [3.63, 3.8) is 0 Å². The van der Waals surface area contributed by atoms with E-state index in [1.54, 1.807) is 32.2 Å². The van der Waals surface area contributed by atoms with Gasteiger partial charge in [-0.1, -0.05) is 18.2 Å². The monoisotopic (exact) mass is 403 g/mol. The Kier molecular flexibility index (Phi) is 5.48. The fourth-order valence-electron chi connectivity index (χ4n) is 2.79. The van der Waals surface area contributed by atoms with Crippen LogP contribution >= 0.6 is 0 Å². The minimum atomic E-state index is -3.66. The maximum atomic E-state index is 12.9. The van der Waals surface area contributed by atoms with Crippen LogP contribution in [0.2, 0.25) is 0 Å². The van der Waals surface area contributed by atoms with Gasteiger partial charge in [0.2, 0.25) is 10.0 Å². The lowest BCUT2D eigenvalue weighted by molar-refractivity contribution is -0.384. The Hall–Kier alpha value is -2.78. The second-order valence-corrected chi connectivity index (χ2v) is 8.58. The van der Waals surface area contributed by atoms with Crippen LogP contribution in [-0.4, -0.2) is 37.2 Å². The summed E-state index contributed by atoms with van der Waals surface area (Å²) in [6.45, 7) is 1.76. The highest BCUT2D eigenvalue weighted by Crippen LogP contribution is 2.26. The summed E-state index contributed by atoms with van der Waals surface area (Å²) in [6.07, 6.45) is 1.64. The van der Waals surface area contributed by atoms with E-state index in [2.05, 4.69) is 4.72 Å². The van der Waals surface area contributed by atoms with E-state index in [0.29, 0.717) is 5.56 Å². The van der Waals surface area contributed by atoms with E-state index in [1.807, 2.05) is 0 Å². The molecule has 1 amide bonds. The molecular weight excluding hydrogens is 382 g/mol. The van der Waals surface area contributed by atoms with Crippen molar-refractivity contribution < 1.29 is 18.1 Å². The van der Waals surface area contributed by atoms with Crippen LogP contribution in [-0.2, 0) is 10.0 Å². The number of amides is 1. The predicted molar refractivity (Wildman–Crippen MR) is 103 cm³/mol. The summed E-state index contributed by atoms with van der Waals surface area (Å²) >= 11 is 0. The fourth-order valence-corrected chi connectivity index (χ4v) is 4.14. The number of nitrogens with zero attached hydrogens (tertiary/aromatic N) is 2. The van der Waals surface area contributed by atoms with Gasteiger partial charge in [0.1, 0.15) is 0 Å². The molecule has 0 saturated heterocycles. The zero-order valence-corrected chi connectivity index (χ0v) is 16.3. The van der Waals surface area contributed by atoms with Crippen LogP contribution < -0.4 is 4.72 Å². The molecule has 0 heterocycles. The Balaban J connectivity index is 1.82. The summed E-state index contributed by atoms with van der Waals surface area (Å²) in [6, 6.07) is 11.5. The van der Waals surface area contributed by atoms with Crippen molar-refractivity contribution >= 4 is 21.6 Å². The lowest BCUT2D eigenvalue weighted by atomic mass is 10.1. The van der Waals surface area contributed by atoms with Crippen LogP contribution in [0.5, 0.6) is 0 Å². The number of non-ortho nitro benzene ring substituents is 1. The normalized spacial score (nSPS) is 15.1. The van der Waals surface area contributed by atoms with Crippen LogP contribution in [0.15, 0.2) is 53.4 Å². The lowest BCUT2D eigenvalue weighted by Gasteiger charge is -2.25. The number of hydrogen-bond acceptors (Lipinski definition) is 5. The molecule has 1 fully saturated rings. The highest BCUT2D eigenvalue weighted by molar-refractivity contribution is 7.89. The molecule has 2 aromatic rings. The molecule has 1 aliphatic carbocycles. The Morgan fingerprint density at radius 3 is 2.54 bits per heavy atom. The molecule has 0 unspecified atom stereocenters. The highest BCUT2D eigenvalue weighted by atomic mass is 32.2. The molecule has 0 aromatic heterocycles. The molecular formula is C19H21N3O5S. The van der Waals surface area contributed by atoms with Crippen molar-refractivity contribution in [1.82, 2.24) is 9.62 Å². The Bertz CT molecular complexity index is 1020. The smallest absolute Gasteiger partial charge is 0.269 e. The molecule has 0 spiro atoms. The van der Waals surface area contributed by atoms with Crippen molar-refractivity contribution in [2.45, 2.75) is 36.7 Å². The zero-order chi connectivity index (χ0) is 20.5. The minimum Gasteiger partial charge on any atom is -0.335 e. The van der Waals surface area contributed by atoms with Gasteiger partial charge in [-0.2, -0.15) is 0 Å². The Morgan fingerprint density at radius 1 is 1.21 bits per heavy atom. The molecule has 1 saturated carbocycles. The molecule has 1 N–H and O–H groups in total. The van der Waals surface area contributed by atoms with Crippen molar-refractivity contribution in [3.05, 3.63) is 69.8 Å². The van der Waals surface area contributed by atoms with Gasteiger partial charge in [-0.05, 0) is 43.5 Å². The van der Waals surface area contributed by atoms with Crippen LogP contribution in [0, 0.1) is 10.1 Å². The molecule has 28 heavy (non-hydrogen) atoms. The van der Waals surface area contributed by atoms with Crippen LogP contribution in [0.25, 0.3) is 0 Å². The van der Waals surface area contributed by atoms with E-state index < -0.39 is 21.0 Å². The molecule has 8 nitrogen and oxygen atoms in total. The number of carbonyl (C=O) groups is 1. The summed E-state index contributed by atoms with van der Waals surface area (Å²) in [5.41, 5.74) is 0.798. The van der Waals surface area contributed by atoms with Crippen molar-refractivity contribution in [3.8, 4) is 0 Å². The van der Waals surface area contributed by atoms with Gasteiger partial charge in [0, 0.05) is 30.8 Å². The highest BCUT2D eigenvalue weighted by Gasteiger charge is 2.28. The summed E-state index contributed by atoms with van der Waals surface area (Å²) in [5.74, 6) is -0.373. The quantitative estimate of drug-likeness (QED) is 0.565. The van der Waals surface area contributed by atoms with E-state index in [9.17, 15) is 23.3 Å². The number of benzene rings is 2. The Morgan fingerprint density at radius 2 is 1.89 bits per heavy atom. The van der Waals surface area contributed by atoms with Gasteiger partial charge in [0.05, 0.1) is 15.9 Å². The van der Waals surface area contributed by atoms with Gasteiger partial charge >= 0.3 is 0 Å². The van der Waals surface area contributed by atoms with Crippen molar-refractivity contribution in [2.75, 3.05) is 7.05 Å². The zero-order valence-electron chi connectivity index (χ0n) is 15.5. The Labute approximate surface area is 163 Å². The fraction of sp³-hybridized carbons (Fsp3) is 0.316. The third kappa shape index (κ3) is 4.37. The maximum absolute atomic E-state index is 12.9. The first-order chi connectivity index (χ1) is 13.2. The molecule has 1 aliphatic rings. The van der Waals surface area contributed by atoms with Gasteiger partial charge in [-0.3, -0.25) is 14.9 Å². The average Bonchev–Trinajstić information content (AvgIpc) is 3.49. The van der Waals surface area contributed by atoms with E-state index >= 15 is 0 Å². The molecule has 2 aromatic carbocycles. The van der Waals surface area contributed by atoms with E-state index in [1.165, 1.54) is 35.2 Å². The second-order valence-electron chi connectivity index (χ2n) is 6.87. The first-order valence-corrected chi connectivity index (χ1v) is 10.3. The number of hydrogen-bond donors (Lipinski definition) is 1. The number of sulfonamides is 1. The van der Waals surface area contributed by atoms with E-state index in [0.717, 1.165) is 12.8 Å². The molecule has 148 valence electrons. The van der Waals surface area contributed by atoms with E-state index in [-0.39, 0.29) is 28.1 Å². The molecule has 0 aliphatic heterocycles. The number of rotatable bonds is 7. The summed E-state index contributed by atoms with van der Waals surface area (Å²) in [5, 5.41) is 11.0. The number of carbonyl (C=O) groups excluding carboxylic acids is 1. The van der Waals surface area contributed by atoms with Crippen molar-refractivity contribution in [2.24, 2.45) is 0 Å². The predicted octanol–water partition coefficient (Wildman–Crippen LogP) is 2.87. The van der Waals surface area contributed by atoms with Gasteiger partial charge in [0.25, 0.3) is 11.6 Å². The number of nitro benzene ring substituents is 1. The molecule has 9 heteroatoms. The molecule has 0 bridgehead atoms. The third-order valence-electron chi connectivity index (χ3n) is 4.76. The SMILES string of the molecule is C[C@H](c1cccc([N+](=O)[O-])c1)N(C)C(=O)c1cccc(S(=O)(=O)NC2CC2)c1. The third-order valence-corrected chi connectivity index (χ3v) is 6.27. The van der Waals surface area contributed by atoms with Gasteiger partial charge in [-0.25, -0.2) is 13.1 Å². The summed E-state index contributed by atoms with van der Waals surface area (Å²) in [4.78, 5) is 24.8. The lowest BCUT2D eigenvalue weighted by Crippen LogP contribution is -2.30. The van der Waals surface area contributed by atoms with E-state index in [4.69, 9.17) is 0 Å². The average molecular weight is 403 g/mol. The van der Waals surface area contributed by atoms with Gasteiger partial charge in [-0.15, -0.1) is 0 Å². The number of nitro groups is 1. The first-order valence-electron chi connectivity index (χ1n) is 8.83. The van der Waals surface area contributed by atoms with Crippen molar-refractivity contribution in [1.29, 1.82) is 0 Å². The second kappa shape index (κ2) is 7.69. The largest absolute Gasteiger partial charge is 0.335 e.